The van der Waals surface area contributed by atoms with E-state index in [-0.39, 0.29) is 5.63 Å². The van der Waals surface area contributed by atoms with Crippen LogP contribution in [-0.4, -0.2) is 0 Å². The maximum Gasteiger partial charge on any atom is 0.336 e. The minimum atomic E-state index is -0.333. The van der Waals surface area contributed by atoms with Gasteiger partial charge < -0.3 is 4.42 Å². The molecule has 0 bridgehead atoms. The number of benzene rings is 2. The SMILES string of the molecule is O=c1cccc(-c2ccc(/C=C/c3ccccc3)cc2)o1. The van der Waals surface area contributed by atoms with Crippen LogP contribution in [-0.2, 0) is 0 Å². The summed E-state index contributed by atoms with van der Waals surface area (Å²) in [5, 5.41) is 0. The van der Waals surface area contributed by atoms with Gasteiger partial charge in [0, 0.05) is 11.6 Å². The number of rotatable bonds is 3. The van der Waals surface area contributed by atoms with Gasteiger partial charge in [0.1, 0.15) is 5.76 Å². The topological polar surface area (TPSA) is 30.2 Å². The lowest BCUT2D eigenvalue weighted by atomic mass is 10.1. The third-order valence-corrected chi connectivity index (χ3v) is 3.15. The zero-order chi connectivity index (χ0) is 14.5. The van der Waals surface area contributed by atoms with Gasteiger partial charge in [-0.3, -0.25) is 0 Å². The molecule has 0 aliphatic heterocycles. The van der Waals surface area contributed by atoms with Gasteiger partial charge in [-0.25, -0.2) is 4.79 Å². The third kappa shape index (κ3) is 3.37. The van der Waals surface area contributed by atoms with Crippen molar-refractivity contribution in [3.05, 3.63) is 94.3 Å². The minimum absolute atomic E-state index is 0.333. The van der Waals surface area contributed by atoms with Gasteiger partial charge in [-0.15, -0.1) is 0 Å². The summed E-state index contributed by atoms with van der Waals surface area (Å²) in [7, 11) is 0. The van der Waals surface area contributed by atoms with Crippen LogP contribution in [0.5, 0.6) is 0 Å². The second-order valence-corrected chi connectivity index (χ2v) is 4.68. The number of hydrogen-bond acceptors (Lipinski definition) is 2. The first kappa shape index (κ1) is 13.1. The van der Waals surface area contributed by atoms with Crippen LogP contribution in [0.2, 0.25) is 0 Å². The van der Waals surface area contributed by atoms with Crippen LogP contribution >= 0.6 is 0 Å². The molecule has 0 saturated heterocycles. The Morgan fingerprint density at radius 3 is 2.00 bits per heavy atom. The maximum absolute atomic E-state index is 11.2. The monoisotopic (exact) mass is 274 g/mol. The molecular formula is C19H14O2. The van der Waals surface area contributed by atoms with Gasteiger partial charge in [-0.1, -0.05) is 72.8 Å². The Morgan fingerprint density at radius 1 is 0.667 bits per heavy atom. The molecule has 0 aliphatic carbocycles. The first-order valence-electron chi connectivity index (χ1n) is 6.75. The lowest BCUT2D eigenvalue weighted by Crippen LogP contribution is -1.94. The van der Waals surface area contributed by atoms with Crippen molar-refractivity contribution in [1.82, 2.24) is 0 Å². The van der Waals surface area contributed by atoms with Crippen LogP contribution in [0.15, 0.2) is 82.0 Å². The molecule has 1 aromatic heterocycles. The zero-order valence-corrected chi connectivity index (χ0v) is 11.4. The summed E-state index contributed by atoms with van der Waals surface area (Å²) in [6.07, 6.45) is 4.12. The van der Waals surface area contributed by atoms with E-state index in [1.807, 2.05) is 42.5 Å². The summed E-state index contributed by atoms with van der Waals surface area (Å²) in [6.45, 7) is 0. The molecule has 0 N–H and O–H groups in total. The van der Waals surface area contributed by atoms with E-state index < -0.39 is 0 Å². The van der Waals surface area contributed by atoms with E-state index in [4.69, 9.17) is 4.42 Å². The molecule has 21 heavy (non-hydrogen) atoms. The van der Waals surface area contributed by atoms with Gasteiger partial charge in [0.25, 0.3) is 0 Å². The van der Waals surface area contributed by atoms with Crippen LogP contribution in [0.3, 0.4) is 0 Å². The Morgan fingerprint density at radius 2 is 1.33 bits per heavy atom. The molecule has 0 radical (unpaired) electrons. The van der Waals surface area contributed by atoms with E-state index in [0.29, 0.717) is 5.76 Å². The number of hydrogen-bond donors (Lipinski definition) is 0. The lowest BCUT2D eigenvalue weighted by molar-refractivity contribution is 0.526. The van der Waals surface area contributed by atoms with Gasteiger partial charge in [0.15, 0.2) is 0 Å². The second-order valence-electron chi connectivity index (χ2n) is 4.68. The van der Waals surface area contributed by atoms with Crippen molar-refractivity contribution in [1.29, 1.82) is 0 Å². The smallest absolute Gasteiger partial charge is 0.336 e. The zero-order valence-electron chi connectivity index (χ0n) is 11.4. The molecule has 3 aromatic rings. The van der Waals surface area contributed by atoms with Crippen molar-refractivity contribution >= 4 is 12.2 Å². The first-order chi connectivity index (χ1) is 10.3. The third-order valence-electron chi connectivity index (χ3n) is 3.15. The van der Waals surface area contributed by atoms with Crippen molar-refractivity contribution in [2.24, 2.45) is 0 Å². The van der Waals surface area contributed by atoms with Gasteiger partial charge in [-0.05, 0) is 17.2 Å². The normalized spacial score (nSPS) is 10.9. The molecule has 3 rings (SSSR count). The molecule has 0 saturated carbocycles. The van der Waals surface area contributed by atoms with Crippen LogP contribution in [0, 0.1) is 0 Å². The van der Waals surface area contributed by atoms with Crippen LogP contribution < -0.4 is 5.63 Å². The highest BCUT2D eigenvalue weighted by atomic mass is 16.4. The highest BCUT2D eigenvalue weighted by Gasteiger charge is 1.99. The molecule has 0 aliphatic rings. The molecule has 2 nitrogen and oxygen atoms in total. The summed E-state index contributed by atoms with van der Waals surface area (Å²) >= 11 is 0. The fourth-order valence-electron chi connectivity index (χ4n) is 2.06. The van der Waals surface area contributed by atoms with Gasteiger partial charge in [0.2, 0.25) is 0 Å². The van der Waals surface area contributed by atoms with Crippen molar-refractivity contribution in [3.63, 3.8) is 0 Å². The molecule has 0 unspecified atom stereocenters. The molecular weight excluding hydrogens is 260 g/mol. The summed E-state index contributed by atoms with van der Waals surface area (Å²) in [6, 6.07) is 22.9. The van der Waals surface area contributed by atoms with Gasteiger partial charge in [0.05, 0.1) is 0 Å². The molecule has 0 amide bonds. The Hall–Kier alpha value is -2.87. The van der Waals surface area contributed by atoms with Crippen molar-refractivity contribution in [2.45, 2.75) is 0 Å². The lowest BCUT2D eigenvalue weighted by Gasteiger charge is -2.00. The first-order valence-corrected chi connectivity index (χ1v) is 6.75. The largest absolute Gasteiger partial charge is 0.423 e. The summed E-state index contributed by atoms with van der Waals surface area (Å²) in [5.41, 5.74) is 2.82. The highest BCUT2D eigenvalue weighted by Crippen LogP contribution is 2.19. The standard InChI is InChI=1S/C19H14O2/c20-19-8-4-7-18(21-19)17-13-11-16(12-14-17)10-9-15-5-2-1-3-6-15/h1-14H/b10-9+. The molecule has 0 atom stereocenters. The quantitative estimate of drug-likeness (QED) is 0.659. The molecule has 0 spiro atoms. The van der Waals surface area contributed by atoms with Crippen molar-refractivity contribution in [3.8, 4) is 11.3 Å². The summed E-state index contributed by atoms with van der Waals surface area (Å²) in [5.74, 6) is 0.584. The average Bonchev–Trinajstić information content (AvgIpc) is 2.54. The van der Waals surface area contributed by atoms with Gasteiger partial charge >= 0.3 is 5.63 Å². The highest BCUT2D eigenvalue weighted by molar-refractivity contribution is 5.71. The van der Waals surface area contributed by atoms with Crippen molar-refractivity contribution in [2.75, 3.05) is 0 Å². The maximum atomic E-state index is 11.2. The Balaban J connectivity index is 1.81. The Kier molecular flexibility index (Phi) is 3.79. The Bertz CT molecular complexity index is 797. The average molecular weight is 274 g/mol. The molecule has 0 fully saturated rings. The molecule has 102 valence electrons. The predicted molar refractivity (Wildman–Crippen MR) is 85.8 cm³/mol. The predicted octanol–water partition coefficient (Wildman–Crippen LogP) is 4.48. The molecule has 2 heteroatoms. The molecule has 2 aromatic carbocycles. The minimum Gasteiger partial charge on any atom is -0.423 e. The van der Waals surface area contributed by atoms with Crippen molar-refractivity contribution < 1.29 is 4.42 Å². The fourth-order valence-corrected chi connectivity index (χ4v) is 2.06. The van der Waals surface area contributed by atoms with Crippen LogP contribution in [0.25, 0.3) is 23.5 Å². The van der Waals surface area contributed by atoms with E-state index >= 15 is 0 Å². The van der Waals surface area contributed by atoms with Crippen LogP contribution in [0.4, 0.5) is 0 Å². The fraction of sp³-hybridized carbons (Fsp3) is 0. The summed E-state index contributed by atoms with van der Waals surface area (Å²) < 4.78 is 5.16. The van der Waals surface area contributed by atoms with Crippen LogP contribution in [0.1, 0.15) is 11.1 Å². The van der Waals surface area contributed by atoms with E-state index in [1.54, 1.807) is 12.1 Å². The molecule has 1 heterocycles. The summed E-state index contributed by atoms with van der Waals surface area (Å²) in [4.78, 5) is 11.2. The van der Waals surface area contributed by atoms with E-state index in [9.17, 15) is 4.79 Å². The van der Waals surface area contributed by atoms with E-state index in [0.717, 1.165) is 16.7 Å². The van der Waals surface area contributed by atoms with E-state index in [2.05, 4.69) is 24.3 Å². The van der Waals surface area contributed by atoms with Gasteiger partial charge in [-0.2, -0.15) is 0 Å². The second kappa shape index (κ2) is 6.06. The van der Waals surface area contributed by atoms with E-state index in [1.165, 1.54) is 6.07 Å². The Labute approximate surface area is 123 Å².